The number of benzene rings is 1. The van der Waals surface area contributed by atoms with Gasteiger partial charge in [0.2, 0.25) is 5.91 Å². The van der Waals surface area contributed by atoms with Gasteiger partial charge >= 0.3 is 0 Å². The van der Waals surface area contributed by atoms with E-state index >= 15 is 0 Å². The van der Waals surface area contributed by atoms with Crippen LogP contribution >= 0.6 is 22.9 Å². The highest BCUT2D eigenvalue weighted by Crippen LogP contribution is 2.22. The lowest BCUT2D eigenvalue weighted by molar-refractivity contribution is -0.130. The van der Waals surface area contributed by atoms with E-state index in [0.29, 0.717) is 31.0 Å². The van der Waals surface area contributed by atoms with Crippen LogP contribution in [0.15, 0.2) is 36.4 Å². The van der Waals surface area contributed by atoms with Crippen LogP contribution in [0.25, 0.3) is 0 Å². The second-order valence-electron chi connectivity index (χ2n) is 4.62. The SMILES string of the molecule is CN(Cc1ccc(Cl)s1)C(=O)CCOc1ccc(N)cc1. The summed E-state index contributed by atoms with van der Waals surface area (Å²) in [5, 5.41) is 0. The third-order valence-electron chi connectivity index (χ3n) is 2.91. The normalized spacial score (nSPS) is 10.4. The lowest BCUT2D eigenvalue weighted by Crippen LogP contribution is -2.27. The molecule has 0 aliphatic carbocycles. The molecule has 0 aliphatic heterocycles. The van der Waals surface area contributed by atoms with Crippen molar-refractivity contribution in [2.75, 3.05) is 19.4 Å². The molecule has 4 nitrogen and oxygen atoms in total. The Balaban J connectivity index is 1.74. The van der Waals surface area contributed by atoms with Gasteiger partial charge in [-0.3, -0.25) is 4.79 Å². The summed E-state index contributed by atoms with van der Waals surface area (Å²) in [5.74, 6) is 0.750. The molecule has 0 fully saturated rings. The molecule has 2 aromatic rings. The second kappa shape index (κ2) is 7.33. The summed E-state index contributed by atoms with van der Waals surface area (Å²) in [4.78, 5) is 14.7. The number of thiophene rings is 1. The van der Waals surface area contributed by atoms with E-state index in [1.807, 2.05) is 12.1 Å². The number of nitrogens with zero attached hydrogens (tertiary/aromatic N) is 1. The van der Waals surface area contributed by atoms with E-state index in [0.717, 1.165) is 9.21 Å². The second-order valence-corrected chi connectivity index (χ2v) is 6.42. The van der Waals surface area contributed by atoms with E-state index in [2.05, 4.69) is 0 Å². The first-order valence-electron chi connectivity index (χ1n) is 6.51. The Morgan fingerprint density at radius 3 is 2.62 bits per heavy atom. The zero-order valence-electron chi connectivity index (χ0n) is 11.7. The predicted octanol–water partition coefficient (Wildman–Crippen LogP) is 3.41. The van der Waals surface area contributed by atoms with Crippen LogP contribution in [0.5, 0.6) is 5.75 Å². The maximum Gasteiger partial charge on any atom is 0.226 e. The summed E-state index contributed by atoms with van der Waals surface area (Å²) in [6.07, 6.45) is 0.333. The maximum atomic E-state index is 12.0. The van der Waals surface area contributed by atoms with Gasteiger partial charge in [0.05, 0.1) is 23.9 Å². The summed E-state index contributed by atoms with van der Waals surface area (Å²) >= 11 is 7.36. The van der Waals surface area contributed by atoms with E-state index in [9.17, 15) is 4.79 Å². The van der Waals surface area contributed by atoms with Crippen molar-refractivity contribution >= 4 is 34.5 Å². The van der Waals surface area contributed by atoms with Crippen LogP contribution in [0.1, 0.15) is 11.3 Å². The lowest BCUT2D eigenvalue weighted by atomic mass is 10.3. The predicted molar refractivity (Wildman–Crippen MR) is 86.8 cm³/mol. The molecule has 6 heteroatoms. The zero-order valence-corrected chi connectivity index (χ0v) is 13.3. The Bertz CT molecular complexity index is 598. The molecule has 2 rings (SSSR count). The van der Waals surface area contributed by atoms with Gasteiger partial charge in [-0.25, -0.2) is 0 Å². The maximum absolute atomic E-state index is 12.0. The molecule has 1 amide bonds. The molecule has 1 aromatic heterocycles. The van der Waals surface area contributed by atoms with Crippen molar-refractivity contribution in [2.24, 2.45) is 0 Å². The third-order valence-corrected chi connectivity index (χ3v) is 4.13. The van der Waals surface area contributed by atoms with Crippen LogP contribution in [0.2, 0.25) is 4.34 Å². The van der Waals surface area contributed by atoms with E-state index in [4.69, 9.17) is 22.1 Å². The number of ether oxygens (including phenoxy) is 1. The van der Waals surface area contributed by atoms with Crippen molar-refractivity contribution in [1.82, 2.24) is 4.90 Å². The van der Waals surface area contributed by atoms with Crippen LogP contribution in [-0.4, -0.2) is 24.5 Å². The third kappa shape index (κ3) is 4.95. The smallest absolute Gasteiger partial charge is 0.226 e. The largest absolute Gasteiger partial charge is 0.493 e. The summed E-state index contributed by atoms with van der Waals surface area (Å²) in [6.45, 7) is 0.913. The first kappa shape index (κ1) is 15.7. The lowest BCUT2D eigenvalue weighted by Gasteiger charge is -2.16. The Kier molecular flexibility index (Phi) is 5.47. The van der Waals surface area contributed by atoms with Crippen molar-refractivity contribution in [3.05, 3.63) is 45.6 Å². The standard InChI is InChI=1S/C15H17ClN2O2S/c1-18(10-13-6-7-14(16)21-13)15(19)8-9-20-12-4-2-11(17)3-5-12/h2-7H,8-10,17H2,1H3. The Morgan fingerprint density at radius 2 is 2.00 bits per heavy atom. The van der Waals surface area contributed by atoms with Gasteiger partial charge in [0, 0.05) is 17.6 Å². The number of halogens is 1. The monoisotopic (exact) mass is 324 g/mol. The average molecular weight is 325 g/mol. The van der Waals surface area contributed by atoms with E-state index in [1.54, 1.807) is 36.2 Å². The van der Waals surface area contributed by atoms with Crippen molar-refractivity contribution in [3.63, 3.8) is 0 Å². The number of hydrogen-bond donors (Lipinski definition) is 1. The molecular formula is C15H17ClN2O2S. The van der Waals surface area contributed by atoms with Crippen LogP contribution < -0.4 is 10.5 Å². The quantitative estimate of drug-likeness (QED) is 0.828. The number of nitrogens with two attached hydrogens (primary N) is 1. The van der Waals surface area contributed by atoms with Gasteiger partial charge in [-0.2, -0.15) is 0 Å². The molecule has 0 bridgehead atoms. The molecule has 0 saturated heterocycles. The van der Waals surface area contributed by atoms with Gasteiger partial charge in [-0.15, -0.1) is 11.3 Å². The number of nitrogen functional groups attached to an aromatic ring is 1. The van der Waals surface area contributed by atoms with Crippen molar-refractivity contribution in [3.8, 4) is 5.75 Å². The first-order valence-corrected chi connectivity index (χ1v) is 7.70. The zero-order chi connectivity index (χ0) is 15.2. The minimum atomic E-state index is 0.0370. The Labute approximate surface area is 133 Å². The molecular weight excluding hydrogens is 308 g/mol. The van der Waals surface area contributed by atoms with Crippen molar-refractivity contribution < 1.29 is 9.53 Å². The minimum Gasteiger partial charge on any atom is -0.493 e. The van der Waals surface area contributed by atoms with E-state index in [-0.39, 0.29) is 5.91 Å². The summed E-state index contributed by atoms with van der Waals surface area (Å²) in [5.41, 5.74) is 6.28. The molecule has 0 atom stereocenters. The van der Waals surface area contributed by atoms with E-state index in [1.165, 1.54) is 11.3 Å². The average Bonchev–Trinajstić information content (AvgIpc) is 2.86. The molecule has 1 aromatic carbocycles. The number of carbonyl (C=O) groups is 1. The van der Waals surface area contributed by atoms with Crippen LogP contribution in [-0.2, 0) is 11.3 Å². The number of carbonyl (C=O) groups excluding carboxylic acids is 1. The molecule has 0 radical (unpaired) electrons. The number of hydrogen-bond acceptors (Lipinski definition) is 4. The van der Waals surface area contributed by atoms with Gasteiger partial charge in [-0.1, -0.05) is 11.6 Å². The highest BCUT2D eigenvalue weighted by Gasteiger charge is 2.10. The molecule has 112 valence electrons. The molecule has 0 spiro atoms. The molecule has 0 saturated carbocycles. The fourth-order valence-corrected chi connectivity index (χ4v) is 2.91. The Morgan fingerprint density at radius 1 is 1.29 bits per heavy atom. The van der Waals surface area contributed by atoms with Crippen LogP contribution in [0, 0.1) is 0 Å². The topological polar surface area (TPSA) is 55.6 Å². The fourth-order valence-electron chi connectivity index (χ4n) is 1.77. The van der Waals surface area contributed by atoms with Crippen LogP contribution in [0.3, 0.4) is 0 Å². The van der Waals surface area contributed by atoms with Gasteiger partial charge in [-0.05, 0) is 36.4 Å². The first-order chi connectivity index (χ1) is 10.0. The van der Waals surface area contributed by atoms with Crippen molar-refractivity contribution in [2.45, 2.75) is 13.0 Å². The summed E-state index contributed by atoms with van der Waals surface area (Å²) in [6, 6.07) is 10.9. The fraction of sp³-hybridized carbons (Fsp3) is 0.267. The molecule has 2 N–H and O–H groups in total. The minimum absolute atomic E-state index is 0.0370. The van der Waals surface area contributed by atoms with Crippen molar-refractivity contribution in [1.29, 1.82) is 0 Å². The molecule has 0 aliphatic rings. The highest BCUT2D eigenvalue weighted by molar-refractivity contribution is 7.16. The highest BCUT2D eigenvalue weighted by atomic mass is 35.5. The van der Waals surface area contributed by atoms with Gasteiger partial charge < -0.3 is 15.4 Å². The Hall–Kier alpha value is -1.72. The molecule has 0 unspecified atom stereocenters. The van der Waals surface area contributed by atoms with Gasteiger partial charge in [0.1, 0.15) is 5.75 Å². The summed E-state index contributed by atoms with van der Waals surface area (Å²) < 4.78 is 6.25. The van der Waals surface area contributed by atoms with Gasteiger partial charge in [0.25, 0.3) is 0 Å². The van der Waals surface area contributed by atoms with E-state index < -0.39 is 0 Å². The van der Waals surface area contributed by atoms with Gasteiger partial charge in [0.15, 0.2) is 0 Å². The summed E-state index contributed by atoms with van der Waals surface area (Å²) in [7, 11) is 1.78. The molecule has 1 heterocycles. The molecule has 21 heavy (non-hydrogen) atoms. The number of anilines is 1. The van der Waals surface area contributed by atoms with Crippen LogP contribution in [0.4, 0.5) is 5.69 Å². The number of amides is 1. The number of rotatable bonds is 6.